The Morgan fingerprint density at radius 3 is 2.93 bits per heavy atom. The first kappa shape index (κ1) is 20.9. The molecule has 0 bridgehead atoms. The highest BCUT2D eigenvalue weighted by Gasteiger charge is 2.18. The van der Waals surface area contributed by atoms with Crippen molar-refractivity contribution in [3.63, 3.8) is 0 Å². The number of anilines is 1. The van der Waals surface area contributed by atoms with Gasteiger partial charge in [0.2, 0.25) is 5.91 Å². The minimum Gasteiger partial charge on any atom is -0.379 e. The van der Waals surface area contributed by atoms with Gasteiger partial charge in [0, 0.05) is 30.3 Å². The van der Waals surface area contributed by atoms with Crippen LogP contribution in [-0.2, 0) is 22.6 Å². The number of thioether (sulfide) groups is 1. The molecule has 0 unspecified atom stereocenters. The number of rotatable bonds is 8. The van der Waals surface area contributed by atoms with Crippen LogP contribution in [0.1, 0.15) is 11.4 Å². The molecule has 1 aromatic heterocycles. The molecule has 1 N–H and O–H groups in total. The lowest BCUT2D eigenvalue weighted by Gasteiger charge is -2.26. The Morgan fingerprint density at radius 2 is 2.18 bits per heavy atom. The first-order valence-corrected chi connectivity index (χ1v) is 10.5. The number of benzene rings is 1. The van der Waals surface area contributed by atoms with E-state index in [0.29, 0.717) is 23.3 Å². The number of morpholine rings is 1. The number of hydrogen-bond donors (Lipinski definition) is 1. The molecule has 1 amide bonds. The van der Waals surface area contributed by atoms with E-state index in [0.717, 1.165) is 43.4 Å². The van der Waals surface area contributed by atoms with Crippen molar-refractivity contribution >= 4 is 35.0 Å². The fraction of sp³-hybridized carbons (Fsp3) is 0.421. The van der Waals surface area contributed by atoms with Crippen LogP contribution in [0.5, 0.6) is 0 Å². The van der Waals surface area contributed by atoms with Crippen LogP contribution >= 0.6 is 23.4 Å². The second-order valence-corrected chi connectivity index (χ2v) is 7.79. The zero-order valence-electron chi connectivity index (χ0n) is 15.9. The van der Waals surface area contributed by atoms with Crippen molar-refractivity contribution in [3.05, 3.63) is 47.3 Å². The van der Waals surface area contributed by atoms with E-state index >= 15 is 0 Å². The van der Waals surface area contributed by atoms with Gasteiger partial charge in [-0.3, -0.25) is 9.69 Å². The van der Waals surface area contributed by atoms with Gasteiger partial charge in [0.1, 0.15) is 5.82 Å². The van der Waals surface area contributed by atoms with Gasteiger partial charge in [0.05, 0.1) is 25.5 Å². The van der Waals surface area contributed by atoms with Crippen LogP contribution in [0.25, 0.3) is 0 Å². The smallest absolute Gasteiger partial charge is 0.234 e. The molecular formula is C19H24ClN5O2S. The lowest BCUT2D eigenvalue weighted by molar-refractivity contribution is -0.113. The fourth-order valence-corrected chi connectivity index (χ4v) is 3.81. The summed E-state index contributed by atoms with van der Waals surface area (Å²) < 4.78 is 7.40. The summed E-state index contributed by atoms with van der Waals surface area (Å²) in [5, 5.41) is 12.8. The SMILES string of the molecule is C=CCn1c(CN2CCOCC2)nnc1SCC(=O)Nc1cccc(Cl)c1C. The van der Waals surface area contributed by atoms with Gasteiger partial charge in [-0.2, -0.15) is 0 Å². The fourth-order valence-electron chi connectivity index (χ4n) is 2.87. The summed E-state index contributed by atoms with van der Waals surface area (Å²) in [6.45, 7) is 10.2. The van der Waals surface area contributed by atoms with Crippen molar-refractivity contribution in [2.75, 3.05) is 37.4 Å². The molecule has 150 valence electrons. The van der Waals surface area contributed by atoms with E-state index in [2.05, 4.69) is 27.0 Å². The number of aromatic nitrogens is 3. The molecule has 2 aromatic rings. The van der Waals surface area contributed by atoms with E-state index in [9.17, 15) is 4.79 Å². The van der Waals surface area contributed by atoms with Gasteiger partial charge in [0.25, 0.3) is 0 Å². The van der Waals surface area contributed by atoms with Crippen molar-refractivity contribution in [3.8, 4) is 0 Å². The number of carbonyl (C=O) groups excluding carboxylic acids is 1. The van der Waals surface area contributed by atoms with Gasteiger partial charge >= 0.3 is 0 Å². The number of nitrogens with zero attached hydrogens (tertiary/aromatic N) is 4. The van der Waals surface area contributed by atoms with Crippen LogP contribution in [0.4, 0.5) is 5.69 Å². The maximum absolute atomic E-state index is 12.4. The summed E-state index contributed by atoms with van der Waals surface area (Å²) in [7, 11) is 0. The molecule has 0 aliphatic carbocycles. The second kappa shape index (κ2) is 10.1. The van der Waals surface area contributed by atoms with Gasteiger partial charge in [-0.25, -0.2) is 0 Å². The molecule has 28 heavy (non-hydrogen) atoms. The average Bonchev–Trinajstić information content (AvgIpc) is 3.06. The summed E-state index contributed by atoms with van der Waals surface area (Å²) in [5.41, 5.74) is 1.57. The molecule has 0 spiro atoms. The summed E-state index contributed by atoms with van der Waals surface area (Å²) in [6.07, 6.45) is 1.81. The number of carbonyl (C=O) groups is 1. The Bertz CT molecular complexity index is 836. The first-order valence-electron chi connectivity index (χ1n) is 9.09. The molecule has 0 atom stereocenters. The van der Waals surface area contributed by atoms with Crippen molar-refractivity contribution in [1.29, 1.82) is 0 Å². The van der Waals surface area contributed by atoms with Crippen molar-refractivity contribution in [2.24, 2.45) is 0 Å². The first-order chi connectivity index (χ1) is 13.6. The van der Waals surface area contributed by atoms with E-state index < -0.39 is 0 Å². The number of allylic oxidation sites excluding steroid dienone is 1. The molecule has 2 heterocycles. The Hall–Kier alpha value is -1.87. The van der Waals surface area contributed by atoms with E-state index in [1.165, 1.54) is 11.8 Å². The molecule has 1 fully saturated rings. The average molecular weight is 422 g/mol. The molecular weight excluding hydrogens is 398 g/mol. The van der Waals surface area contributed by atoms with E-state index in [4.69, 9.17) is 16.3 Å². The number of ether oxygens (including phenoxy) is 1. The van der Waals surface area contributed by atoms with Crippen LogP contribution in [0.2, 0.25) is 5.02 Å². The Morgan fingerprint density at radius 1 is 1.39 bits per heavy atom. The van der Waals surface area contributed by atoms with Crippen LogP contribution in [0.3, 0.4) is 0 Å². The van der Waals surface area contributed by atoms with Crippen LogP contribution < -0.4 is 5.32 Å². The minimum atomic E-state index is -0.113. The Kier molecular flexibility index (Phi) is 7.50. The largest absolute Gasteiger partial charge is 0.379 e. The predicted molar refractivity (Wildman–Crippen MR) is 112 cm³/mol. The summed E-state index contributed by atoms with van der Waals surface area (Å²) in [6, 6.07) is 5.45. The zero-order chi connectivity index (χ0) is 19.9. The minimum absolute atomic E-state index is 0.113. The predicted octanol–water partition coefficient (Wildman–Crippen LogP) is 2.99. The lowest BCUT2D eigenvalue weighted by Crippen LogP contribution is -2.36. The number of halogens is 1. The molecule has 1 aliphatic rings. The van der Waals surface area contributed by atoms with Crippen molar-refractivity contribution < 1.29 is 9.53 Å². The van der Waals surface area contributed by atoms with Gasteiger partial charge < -0.3 is 14.6 Å². The number of hydrogen-bond acceptors (Lipinski definition) is 6. The standard InChI is InChI=1S/C19H24ClN5O2S/c1-3-7-25-17(12-24-8-10-27-11-9-24)22-23-19(25)28-13-18(26)21-16-6-4-5-15(20)14(16)2/h3-6H,1,7-13H2,2H3,(H,21,26). The summed E-state index contributed by atoms with van der Waals surface area (Å²) in [5.74, 6) is 0.993. The highest BCUT2D eigenvalue weighted by atomic mass is 35.5. The molecule has 7 nitrogen and oxygen atoms in total. The molecule has 0 saturated carbocycles. The summed E-state index contributed by atoms with van der Waals surface area (Å²) >= 11 is 7.47. The maximum Gasteiger partial charge on any atom is 0.234 e. The Balaban J connectivity index is 1.62. The van der Waals surface area contributed by atoms with Gasteiger partial charge in [0.15, 0.2) is 5.16 Å². The lowest BCUT2D eigenvalue weighted by atomic mass is 10.2. The third kappa shape index (κ3) is 5.35. The number of nitrogens with one attached hydrogen (secondary N) is 1. The molecule has 1 saturated heterocycles. The highest BCUT2D eigenvalue weighted by molar-refractivity contribution is 7.99. The van der Waals surface area contributed by atoms with Crippen LogP contribution in [0.15, 0.2) is 36.0 Å². The molecule has 0 radical (unpaired) electrons. The third-order valence-electron chi connectivity index (χ3n) is 4.45. The quantitative estimate of drug-likeness (QED) is 0.521. The maximum atomic E-state index is 12.4. The monoisotopic (exact) mass is 421 g/mol. The Labute approximate surface area is 174 Å². The topological polar surface area (TPSA) is 72.3 Å². The van der Waals surface area contributed by atoms with Gasteiger partial charge in [-0.15, -0.1) is 16.8 Å². The van der Waals surface area contributed by atoms with Crippen LogP contribution in [0, 0.1) is 6.92 Å². The number of amides is 1. The van der Waals surface area contributed by atoms with Gasteiger partial charge in [-0.1, -0.05) is 35.5 Å². The molecule has 1 aliphatic heterocycles. The molecule has 3 rings (SSSR count). The zero-order valence-corrected chi connectivity index (χ0v) is 17.4. The van der Waals surface area contributed by atoms with Crippen LogP contribution in [-0.4, -0.2) is 57.6 Å². The van der Waals surface area contributed by atoms with Crippen molar-refractivity contribution in [1.82, 2.24) is 19.7 Å². The normalized spacial score (nSPS) is 14.8. The van der Waals surface area contributed by atoms with Gasteiger partial charge in [-0.05, 0) is 24.6 Å². The van der Waals surface area contributed by atoms with E-state index in [1.807, 2.05) is 29.7 Å². The highest BCUT2D eigenvalue weighted by Crippen LogP contribution is 2.24. The van der Waals surface area contributed by atoms with E-state index in [-0.39, 0.29) is 11.7 Å². The molecule has 1 aromatic carbocycles. The molecule has 9 heteroatoms. The van der Waals surface area contributed by atoms with E-state index in [1.54, 1.807) is 6.07 Å². The van der Waals surface area contributed by atoms with Crippen molar-refractivity contribution in [2.45, 2.75) is 25.2 Å². The second-order valence-electron chi connectivity index (χ2n) is 6.44. The third-order valence-corrected chi connectivity index (χ3v) is 5.82. The summed E-state index contributed by atoms with van der Waals surface area (Å²) in [4.78, 5) is 14.7.